The maximum Gasteiger partial charge on any atom is 0.349 e. The molecule has 3 rings (SSSR count). The van der Waals surface area contributed by atoms with Gasteiger partial charge in [0, 0.05) is 18.5 Å². The Hall–Kier alpha value is -2.30. The molecule has 2 aromatic rings. The van der Waals surface area contributed by atoms with E-state index in [9.17, 15) is 9.59 Å². The van der Waals surface area contributed by atoms with Crippen LogP contribution in [-0.2, 0) is 0 Å². The molecule has 1 aromatic heterocycles. The van der Waals surface area contributed by atoms with E-state index >= 15 is 0 Å². The average Bonchev–Trinajstić information content (AvgIpc) is 2.52. The number of ether oxygens (including phenoxy) is 1. The Kier molecular flexibility index (Phi) is 4.11. The highest BCUT2D eigenvalue weighted by atomic mass is 16.5. The van der Waals surface area contributed by atoms with Crippen molar-refractivity contribution in [1.82, 2.24) is 4.90 Å². The molecule has 0 unspecified atom stereocenters. The van der Waals surface area contributed by atoms with Gasteiger partial charge in [-0.3, -0.25) is 4.79 Å². The molecule has 1 aliphatic heterocycles. The van der Waals surface area contributed by atoms with E-state index in [2.05, 4.69) is 13.8 Å². The molecule has 23 heavy (non-hydrogen) atoms. The van der Waals surface area contributed by atoms with Crippen LogP contribution in [-0.4, -0.2) is 31.0 Å². The Morgan fingerprint density at radius 3 is 2.61 bits per heavy atom. The zero-order valence-electron chi connectivity index (χ0n) is 13.7. The normalized spacial score (nSPS) is 21.4. The molecule has 1 aliphatic rings. The fourth-order valence-corrected chi connectivity index (χ4v) is 3.43. The lowest BCUT2D eigenvalue weighted by atomic mass is 9.91. The summed E-state index contributed by atoms with van der Waals surface area (Å²) in [6.45, 7) is 5.62. The highest BCUT2D eigenvalue weighted by Crippen LogP contribution is 2.26. The molecule has 1 fully saturated rings. The van der Waals surface area contributed by atoms with Crippen molar-refractivity contribution < 1.29 is 13.9 Å². The van der Waals surface area contributed by atoms with E-state index in [1.165, 1.54) is 7.11 Å². The fourth-order valence-electron chi connectivity index (χ4n) is 3.43. The molecule has 2 heterocycles. The minimum Gasteiger partial charge on any atom is -0.493 e. The summed E-state index contributed by atoms with van der Waals surface area (Å²) in [5.74, 6) is 1.12. The first kappa shape index (κ1) is 15.6. The van der Waals surface area contributed by atoms with Crippen LogP contribution >= 0.6 is 0 Å². The van der Waals surface area contributed by atoms with Crippen LogP contribution in [0.25, 0.3) is 11.0 Å². The molecule has 0 bridgehead atoms. The monoisotopic (exact) mass is 315 g/mol. The van der Waals surface area contributed by atoms with Crippen LogP contribution in [0.15, 0.2) is 33.5 Å². The quantitative estimate of drug-likeness (QED) is 0.800. The van der Waals surface area contributed by atoms with Gasteiger partial charge in [0.15, 0.2) is 11.3 Å². The number of carbonyl (C=O) groups is 1. The molecule has 0 radical (unpaired) electrons. The molecular weight excluding hydrogens is 294 g/mol. The van der Waals surface area contributed by atoms with Crippen LogP contribution in [0.5, 0.6) is 5.75 Å². The van der Waals surface area contributed by atoms with Gasteiger partial charge in [-0.15, -0.1) is 0 Å². The molecule has 1 amide bonds. The highest BCUT2D eigenvalue weighted by molar-refractivity contribution is 5.97. The smallest absolute Gasteiger partial charge is 0.349 e. The van der Waals surface area contributed by atoms with Crippen LogP contribution in [0.4, 0.5) is 0 Å². The number of nitrogens with zero attached hydrogens (tertiary/aromatic N) is 1. The van der Waals surface area contributed by atoms with Crippen LogP contribution in [0.2, 0.25) is 0 Å². The van der Waals surface area contributed by atoms with E-state index in [1.54, 1.807) is 29.2 Å². The largest absolute Gasteiger partial charge is 0.493 e. The van der Waals surface area contributed by atoms with Crippen molar-refractivity contribution in [3.05, 3.63) is 40.2 Å². The maximum absolute atomic E-state index is 12.7. The Bertz CT molecular complexity index is 785. The van der Waals surface area contributed by atoms with Gasteiger partial charge in [-0.25, -0.2) is 4.79 Å². The van der Waals surface area contributed by atoms with Gasteiger partial charge in [0.1, 0.15) is 5.56 Å². The average molecular weight is 315 g/mol. The number of rotatable bonds is 2. The fraction of sp³-hybridized carbons (Fsp3) is 0.444. The van der Waals surface area contributed by atoms with Crippen LogP contribution in [0.1, 0.15) is 30.6 Å². The van der Waals surface area contributed by atoms with E-state index < -0.39 is 5.63 Å². The number of benzene rings is 1. The summed E-state index contributed by atoms with van der Waals surface area (Å²) in [5, 5.41) is 0.686. The van der Waals surface area contributed by atoms with Gasteiger partial charge in [-0.1, -0.05) is 26.0 Å². The summed E-state index contributed by atoms with van der Waals surface area (Å²) in [4.78, 5) is 26.8. The number of hydrogen-bond acceptors (Lipinski definition) is 4. The second-order valence-electron chi connectivity index (χ2n) is 6.48. The third-order valence-corrected chi connectivity index (χ3v) is 4.33. The second kappa shape index (κ2) is 6.07. The highest BCUT2D eigenvalue weighted by Gasteiger charge is 2.28. The van der Waals surface area contributed by atoms with Crippen molar-refractivity contribution in [3.63, 3.8) is 0 Å². The second-order valence-corrected chi connectivity index (χ2v) is 6.48. The van der Waals surface area contributed by atoms with Crippen molar-refractivity contribution in [2.75, 3.05) is 20.2 Å². The van der Waals surface area contributed by atoms with E-state index in [0.29, 0.717) is 41.6 Å². The molecule has 0 N–H and O–H groups in total. The van der Waals surface area contributed by atoms with Crippen LogP contribution in [0, 0.1) is 11.8 Å². The molecule has 0 saturated carbocycles. The maximum atomic E-state index is 12.7. The molecule has 122 valence electrons. The Morgan fingerprint density at radius 2 is 1.96 bits per heavy atom. The molecule has 5 nitrogen and oxygen atoms in total. The van der Waals surface area contributed by atoms with Gasteiger partial charge < -0.3 is 14.1 Å². The molecular formula is C18H21NO4. The van der Waals surface area contributed by atoms with Gasteiger partial charge >= 0.3 is 5.63 Å². The van der Waals surface area contributed by atoms with Gasteiger partial charge in [-0.2, -0.15) is 0 Å². The standard InChI is InChI=1S/C18H21NO4/c1-11-7-12(2)10-19(9-11)17(20)14-8-13-5-4-6-15(22-3)16(13)23-18(14)21/h4-6,8,11-12H,7,9-10H2,1-3H3/t11-,12+. The number of hydrogen-bond donors (Lipinski definition) is 0. The predicted octanol–water partition coefficient (Wildman–Crippen LogP) is 2.92. The van der Waals surface area contributed by atoms with Gasteiger partial charge in [0.2, 0.25) is 0 Å². The lowest BCUT2D eigenvalue weighted by molar-refractivity contribution is 0.0619. The Labute approximate surface area is 134 Å². The summed E-state index contributed by atoms with van der Waals surface area (Å²) in [5.41, 5.74) is -0.151. The zero-order chi connectivity index (χ0) is 16.6. The topological polar surface area (TPSA) is 59.8 Å². The molecule has 2 atom stereocenters. The van der Waals surface area contributed by atoms with Crippen molar-refractivity contribution in [1.29, 1.82) is 0 Å². The number of likely N-dealkylation sites (tertiary alicyclic amines) is 1. The third kappa shape index (κ3) is 2.96. The molecule has 0 spiro atoms. The zero-order valence-corrected chi connectivity index (χ0v) is 13.7. The van der Waals surface area contributed by atoms with Gasteiger partial charge in [0.25, 0.3) is 5.91 Å². The minimum atomic E-state index is -0.613. The molecule has 1 aromatic carbocycles. The molecule has 0 aliphatic carbocycles. The van der Waals surface area contributed by atoms with Crippen LogP contribution < -0.4 is 10.4 Å². The number of carbonyl (C=O) groups excluding carboxylic acids is 1. The summed E-state index contributed by atoms with van der Waals surface area (Å²) < 4.78 is 10.6. The summed E-state index contributed by atoms with van der Waals surface area (Å²) in [7, 11) is 1.52. The van der Waals surface area contributed by atoms with Crippen molar-refractivity contribution in [2.24, 2.45) is 11.8 Å². The number of fused-ring (bicyclic) bond motifs is 1. The minimum absolute atomic E-state index is 0.0899. The third-order valence-electron chi connectivity index (χ3n) is 4.33. The SMILES string of the molecule is COc1cccc2cc(C(=O)N3C[C@H](C)C[C@H](C)C3)c(=O)oc12. The lowest BCUT2D eigenvalue weighted by Gasteiger charge is -2.34. The first-order valence-electron chi connectivity index (χ1n) is 7.89. The van der Waals surface area contributed by atoms with Crippen LogP contribution in [0.3, 0.4) is 0 Å². The summed E-state index contributed by atoms with van der Waals surface area (Å²) >= 11 is 0. The first-order chi connectivity index (χ1) is 11.0. The van der Waals surface area contributed by atoms with E-state index in [-0.39, 0.29) is 11.5 Å². The van der Waals surface area contributed by atoms with Crippen molar-refractivity contribution >= 4 is 16.9 Å². The Balaban J connectivity index is 2.01. The van der Waals surface area contributed by atoms with Gasteiger partial charge in [0.05, 0.1) is 7.11 Å². The number of para-hydroxylation sites is 1. The van der Waals surface area contributed by atoms with Crippen molar-refractivity contribution in [2.45, 2.75) is 20.3 Å². The molecule has 1 saturated heterocycles. The van der Waals surface area contributed by atoms with E-state index in [4.69, 9.17) is 9.15 Å². The van der Waals surface area contributed by atoms with Crippen molar-refractivity contribution in [3.8, 4) is 5.75 Å². The number of amides is 1. The summed E-state index contributed by atoms with van der Waals surface area (Å²) in [6.07, 6.45) is 1.10. The van der Waals surface area contributed by atoms with E-state index in [0.717, 1.165) is 6.42 Å². The number of piperidine rings is 1. The predicted molar refractivity (Wildman–Crippen MR) is 87.9 cm³/mol. The first-order valence-corrected chi connectivity index (χ1v) is 7.89. The summed E-state index contributed by atoms with van der Waals surface area (Å²) in [6, 6.07) is 6.94. The van der Waals surface area contributed by atoms with E-state index in [1.807, 2.05) is 0 Å². The molecule has 5 heteroatoms. The number of methoxy groups -OCH3 is 1. The van der Waals surface area contributed by atoms with Gasteiger partial charge in [-0.05, 0) is 30.4 Å². The lowest BCUT2D eigenvalue weighted by Crippen LogP contribution is -2.43. The Morgan fingerprint density at radius 1 is 1.26 bits per heavy atom.